The van der Waals surface area contributed by atoms with Crippen LogP contribution in [0.2, 0.25) is 0 Å². The largest absolute Gasteiger partial charge is 0.481 e. The molecule has 0 aromatic heterocycles. The van der Waals surface area contributed by atoms with E-state index in [9.17, 15) is 9.59 Å². The number of benzene rings is 1. The summed E-state index contributed by atoms with van der Waals surface area (Å²) in [4.78, 5) is 21.6. The number of allylic oxidation sites excluding steroid dienone is 1. The zero-order valence-corrected chi connectivity index (χ0v) is 10.4. The molecule has 0 radical (unpaired) electrons. The molecule has 2 atom stereocenters. The van der Waals surface area contributed by atoms with Crippen molar-refractivity contribution in [3.8, 4) is 0 Å². The lowest BCUT2D eigenvalue weighted by Gasteiger charge is -2.12. The van der Waals surface area contributed by atoms with Crippen molar-refractivity contribution >= 4 is 18.0 Å². The molecule has 1 rings (SSSR count). The Balaban J connectivity index is 2.57. The molecule has 0 aliphatic carbocycles. The molecule has 0 spiro atoms. The van der Waals surface area contributed by atoms with Crippen molar-refractivity contribution in [2.75, 3.05) is 0 Å². The van der Waals surface area contributed by atoms with E-state index in [0.29, 0.717) is 0 Å². The van der Waals surface area contributed by atoms with Gasteiger partial charge in [-0.05, 0) is 18.4 Å². The van der Waals surface area contributed by atoms with Gasteiger partial charge in [-0.3, -0.25) is 9.59 Å². The van der Waals surface area contributed by atoms with Gasteiger partial charge in [-0.15, -0.1) is 0 Å². The number of aliphatic carboxylic acids is 2. The summed E-state index contributed by atoms with van der Waals surface area (Å²) in [7, 11) is 0. The summed E-state index contributed by atoms with van der Waals surface area (Å²) in [6.07, 6.45) is 3.71. The van der Waals surface area contributed by atoms with E-state index in [1.54, 1.807) is 6.08 Å². The molecule has 5 nitrogen and oxygen atoms in total. The van der Waals surface area contributed by atoms with Crippen molar-refractivity contribution in [1.29, 1.82) is 0 Å². The van der Waals surface area contributed by atoms with Crippen molar-refractivity contribution in [2.24, 2.45) is 11.7 Å². The van der Waals surface area contributed by atoms with E-state index in [-0.39, 0.29) is 12.8 Å². The van der Waals surface area contributed by atoms with Crippen LogP contribution in [0.15, 0.2) is 36.4 Å². The Morgan fingerprint density at radius 2 is 1.79 bits per heavy atom. The molecule has 5 heteroatoms. The summed E-state index contributed by atoms with van der Waals surface area (Å²) < 4.78 is 0. The summed E-state index contributed by atoms with van der Waals surface area (Å²) in [6, 6.07) is 8.31. The van der Waals surface area contributed by atoms with Gasteiger partial charge in [-0.25, -0.2) is 0 Å². The molecule has 0 fully saturated rings. The molecule has 0 aliphatic heterocycles. The third-order valence-electron chi connectivity index (χ3n) is 2.74. The second kappa shape index (κ2) is 7.33. The van der Waals surface area contributed by atoms with E-state index in [2.05, 4.69) is 0 Å². The van der Waals surface area contributed by atoms with Gasteiger partial charge < -0.3 is 15.9 Å². The van der Waals surface area contributed by atoms with Gasteiger partial charge in [0, 0.05) is 0 Å². The monoisotopic (exact) mass is 263 g/mol. The highest BCUT2D eigenvalue weighted by molar-refractivity contribution is 5.76. The van der Waals surface area contributed by atoms with E-state index in [1.165, 1.54) is 0 Å². The van der Waals surface area contributed by atoms with Crippen LogP contribution in [0.4, 0.5) is 0 Å². The zero-order chi connectivity index (χ0) is 14.3. The maximum absolute atomic E-state index is 11.0. The van der Waals surface area contributed by atoms with Crippen molar-refractivity contribution in [1.82, 2.24) is 0 Å². The predicted octanol–water partition coefficient (Wildman–Crippen LogP) is 1.59. The minimum Gasteiger partial charge on any atom is -0.481 e. The summed E-state index contributed by atoms with van der Waals surface area (Å²) in [5, 5.41) is 17.7. The molecule has 0 saturated carbocycles. The molecular formula is C14H17NO4. The molecule has 1 aromatic rings. The number of carboxylic acid groups (broad SMARTS) is 2. The maximum Gasteiger partial charge on any atom is 0.320 e. The third kappa shape index (κ3) is 5.35. The lowest BCUT2D eigenvalue weighted by molar-refractivity contribution is -0.143. The van der Waals surface area contributed by atoms with Gasteiger partial charge >= 0.3 is 11.9 Å². The highest BCUT2D eigenvalue weighted by Crippen LogP contribution is 2.13. The third-order valence-corrected chi connectivity index (χ3v) is 2.74. The van der Waals surface area contributed by atoms with Gasteiger partial charge in [0.15, 0.2) is 0 Å². The molecule has 1 aromatic carbocycles. The first kappa shape index (κ1) is 14.9. The second-order valence-electron chi connectivity index (χ2n) is 4.26. The molecule has 19 heavy (non-hydrogen) atoms. The molecule has 1 unspecified atom stereocenters. The Bertz CT molecular complexity index is 456. The highest BCUT2D eigenvalue weighted by Gasteiger charge is 2.23. The van der Waals surface area contributed by atoms with E-state index in [1.807, 2.05) is 36.4 Å². The summed E-state index contributed by atoms with van der Waals surface area (Å²) in [5.41, 5.74) is 6.32. The average molecular weight is 263 g/mol. The zero-order valence-electron chi connectivity index (χ0n) is 10.4. The first-order valence-corrected chi connectivity index (χ1v) is 5.93. The van der Waals surface area contributed by atoms with Crippen LogP contribution in [0, 0.1) is 5.92 Å². The molecular weight excluding hydrogens is 246 g/mol. The van der Waals surface area contributed by atoms with Gasteiger partial charge in [0.05, 0.1) is 5.92 Å². The fourth-order valence-corrected chi connectivity index (χ4v) is 1.64. The number of carbonyl (C=O) groups is 2. The minimum atomic E-state index is -1.18. The number of hydrogen-bond donors (Lipinski definition) is 3. The Labute approximate surface area is 111 Å². The average Bonchev–Trinajstić information content (AvgIpc) is 2.38. The van der Waals surface area contributed by atoms with Crippen LogP contribution in [0.5, 0.6) is 0 Å². The van der Waals surface area contributed by atoms with Crippen molar-refractivity contribution < 1.29 is 19.8 Å². The van der Waals surface area contributed by atoms with Gasteiger partial charge in [-0.1, -0.05) is 42.5 Å². The van der Waals surface area contributed by atoms with Gasteiger partial charge in [0.25, 0.3) is 0 Å². The van der Waals surface area contributed by atoms with E-state index in [4.69, 9.17) is 15.9 Å². The predicted molar refractivity (Wildman–Crippen MR) is 71.4 cm³/mol. The maximum atomic E-state index is 11.0. The van der Waals surface area contributed by atoms with Crippen LogP contribution in [0.25, 0.3) is 6.08 Å². The first-order chi connectivity index (χ1) is 9.00. The summed E-state index contributed by atoms with van der Waals surface area (Å²) in [5.74, 6) is -3.00. The van der Waals surface area contributed by atoms with Crippen LogP contribution in [-0.4, -0.2) is 28.2 Å². The van der Waals surface area contributed by atoms with Crippen molar-refractivity contribution in [2.45, 2.75) is 18.9 Å². The van der Waals surface area contributed by atoms with Crippen molar-refractivity contribution in [3.05, 3.63) is 42.0 Å². The van der Waals surface area contributed by atoms with Crippen LogP contribution in [-0.2, 0) is 9.59 Å². The summed E-state index contributed by atoms with van der Waals surface area (Å²) in [6.45, 7) is 0. The lowest BCUT2D eigenvalue weighted by atomic mass is 9.96. The molecule has 0 bridgehead atoms. The van der Waals surface area contributed by atoms with E-state index < -0.39 is 23.9 Å². The lowest BCUT2D eigenvalue weighted by Crippen LogP contribution is -2.34. The van der Waals surface area contributed by atoms with Crippen LogP contribution in [0.1, 0.15) is 18.4 Å². The first-order valence-electron chi connectivity index (χ1n) is 5.93. The molecule has 0 saturated heterocycles. The molecule has 4 N–H and O–H groups in total. The topological polar surface area (TPSA) is 101 Å². The van der Waals surface area contributed by atoms with Crippen LogP contribution in [0.3, 0.4) is 0 Å². The van der Waals surface area contributed by atoms with Crippen LogP contribution >= 0.6 is 0 Å². The van der Waals surface area contributed by atoms with Gasteiger partial charge in [0.2, 0.25) is 0 Å². The Morgan fingerprint density at radius 3 is 2.32 bits per heavy atom. The van der Waals surface area contributed by atoms with Gasteiger partial charge in [-0.2, -0.15) is 0 Å². The Kier molecular flexibility index (Phi) is 5.75. The fourth-order valence-electron chi connectivity index (χ4n) is 1.64. The number of rotatable bonds is 7. The highest BCUT2D eigenvalue weighted by atomic mass is 16.4. The smallest absolute Gasteiger partial charge is 0.320 e. The molecule has 0 aliphatic rings. The standard InChI is InChI=1S/C14H17NO4/c15-12(14(18)19)9-11(13(16)17)8-4-7-10-5-2-1-3-6-10/h1-7,11-12H,8-9,15H2,(H,16,17)(H,18,19)/t11?,12-/m1/s1. The number of carboxylic acids is 2. The Morgan fingerprint density at radius 1 is 1.16 bits per heavy atom. The van der Waals surface area contributed by atoms with E-state index in [0.717, 1.165) is 5.56 Å². The summed E-state index contributed by atoms with van der Waals surface area (Å²) >= 11 is 0. The number of nitrogens with two attached hydrogens (primary N) is 1. The quantitative estimate of drug-likeness (QED) is 0.693. The van der Waals surface area contributed by atoms with Gasteiger partial charge in [0.1, 0.15) is 6.04 Å². The molecule has 102 valence electrons. The van der Waals surface area contributed by atoms with Crippen LogP contribution < -0.4 is 5.73 Å². The SMILES string of the molecule is N[C@H](CC(CC=Cc1ccccc1)C(=O)O)C(=O)O. The molecule has 0 heterocycles. The minimum absolute atomic E-state index is 0.0796. The Hall–Kier alpha value is -2.14. The molecule has 0 amide bonds. The normalized spacial score (nSPS) is 14.2. The second-order valence-corrected chi connectivity index (χ2v) is 4.26. The van der Waals surface area contributed by atoms with E-state index >= 15 is 0 Å². The number of hydrogen-bond acceptors (Lipinski definition) is 3. The van der Waals surface area contributed by atoms with Crippen molar-refractivity contribution in [3.63, 3.8) is 0 Å². The fraction of sp³-hybridized carbons (Fsp3) is 0.286.